The molecule has 200 valence electrons. The predicted octanol–water partition coefficient (Wildman–Crippen LogP) is 4.48. The van der Waals surface area contributed by atoms with E-state index >= 15 is 0 Å². The number of ether oxygens (including phenoxy) is 1. The molecule has 3 aromatic rings. The molecule has 0 bridgehead atoms. The first-order valence-corrected chi connectivity index (χ1v) is 14.9. The zero-order valence-corrected chi connectivity index (χ0v) is 22.6. The highest BCUT2D eigenvalue weighted by Gasteiger charge is 2.48. The molecule has 2 aliphatic heterocycles. The minimum absolute atomic E-state index is 0.177. The lowest BCUT2D eigenvalue weighted by atomic mass is 9.87. The lowest BCUT2D eigenvalue weighted by Gasteiger charge is -2.34. The molecule has 3 heterocycles. The van der Waals surface area contributed by atoms with Gasteiger partial charge in [-0.1, -0.05) is 42.0 Å². The molecule has 8 heteroatoms. The van der Waals surface area contributed by atoms with Crippen LogP contribution in [0.2, 0.25) is 0 Å². The summed E-state index contributed by atoms with van der Waals surface area (Å²) in [6.07, 6.45) is 5.24. The first kappa shape index (κ1) is 25.3. The Balaban J connectivity index is 1.02. The molecule has 0 N–H and O–H groups in total. The molecule has 0 amide bonds. The first-order chi connectivity index (χ1) is 18.3. The molecular weight excluding hydrogens is 500 g/mol. The van der Waals surface area contributed by atoms with E-state index in [4.69, 9.17) is 9.15 Å². The summed E-state index contributed by atoms with van der Waals surface area (Å²) in [4.78, 5) is 15.5. The average Bonchev–Trinajstić information content (AvgIpc) is 3.68. The third-order valence-electron chi connectivity index (χ3n) is 8.30. The van der Waals surface area contributed by atoms with E-state index in [0.717, 1.165) is 18.7 Å². The van der Waals surface area contributed by atoms with Gasteiger partial charge in [0.15, 0.2) is 0 Å². The van der Waals surface area contributed by atoms with E-state index in [0.29, 0.717) is 49.7 Å². The highest BCUT2D eigenvalue weighted by Crippen LogP contribution is 2.52. The quantitative estimate of drug-likeness (QED) is 0.445. The highest BCUT2D eigenvalue weighted by molar-refractivity contribution is 7.89. The number of fused-ring (bicyclic) bond motifs is 2. The van der Waals surface area contributed by atoms with Crippen molar-refractivity contribution in [1.29, 1.82) is 0 Å². The number of rotatable bonds is 7. The van der Waals surface area contributed by atoms with Gasteiger partial charge in [-0.05, 0) is 61.8 Å². The average molecular weight is 535 g/mol. The minimum atomic E-state index is -3.49. The summed E-state index contributed by atoms with van der Waals surface area (Å²) in [5.74, 6) is 1.04. The molecule has 1 aliphatic carbocycles. The van der Waals surface area contributed by atoms with Crippen molar-refractivity contribution in [2.45, 2.75) is 56.0 Å². The topological polar surface area (TPSA) is 80.1 Å². The van der Waals surface area contributed by atoms with E-state index in [2.05, 4.69) is 29.2 Å². The SMILES string of the molecule is Cc1ccc(S(=O)(=O)N2CCC(COc3coc(CN4Cc5ccccc5C5(CC5)C4)cc3=O)CC2)cc1. The number of hydrogen-bond acceptors (Lipinski definition) is 6. The van der Waals surface area contributed by atoms with Crippen LogP contribution in [0.3, 0.4) is 0 Å². The Hall–Kier alpha value is -2.94. The first-order valence-electron chi connectivity index (χ1n) is 13.4. The van der Waals surface area contributed by atoms with Crippen LogP contribution in [0.25, 0.3) is 0 Å². The Morgan fingerprint density at radius 1 is 1.05 bits per heavy atom. The monoisotopic (exact) mass is 534 g/mol. The Morgan fingerprint density at radius 2 is 1.79 bits per heavy atom. The standard InChI is InChI=1S/C30H34N2O5S/c1-22-6-8-26(9-7-22)38(34,35)32-14-10-23(11-15-32)19-37-29-20-36-25(16-28(29)33)18-31-17-24-4-2-3-5-27(24)30(21-31)12-13-30/h2-9,16,20,23H,10-15,17-19,21H2,1H3. The molecule has 2 fully saturated rings. The van der Waals surface area contributed by atoms with Crippen LogP contribution in [-0.2, 0) is 28.5 Å². The van der Waals surface area contributed by atoms with Crippen molar-refractivity contribution < 1.29 is 17.6 Å². The minimum Gasteiger partial charge on any atom is -0.486 e. The summed E-state index contributed by atoms with van der Waals surface area (Å²) in [6.45, 7) is 5.64. The molecule has 1 saturated heterocycles. The van der Waals surface area contributed by atoms with Crippen molar-refractivity contribution in [3.05, 3.63) is 93.5 Å². The van der Waals surface area contributed by atoms with Crippen molar-refractivity contribution in [2.24, 2.45) is 5.92 Å². The second-order valence-corrected chi connectivity index (χ2v) is 13.1. The fraction of sp³-hybridized carbons (Fsp3) is 0.433. The third-order valence-corrected chi connectivity index (χ3v) is 10.2. The number of aryl methyl sites for hydroxylation is 1. The zero-order chi connectivity index (χ0) is 26.3. The predicted molar refractivity (Wildman–Crippen MR) is 145 cm³/mol. The number of piperidine rings is 1. The van der Waals surface area contributed by atoms with Crippen LogP contribution in [0.5, 0.6) is 5.75 Å². The molecule has 0 unspecified atom stereocenters. The van der Waals surface area contributed by atoms with E-state index in [1.165, 1.54) is 30.2 Å². The van der Waals surface area contributed by atoms with Gasteiger partial charge >= 0.3 is 0 Å². The molecule has 6 rings (SSSR count). The maximum atomic E-state index is 12.9. The van der Waals surface area contributed by atoms with E-state index in [-0.39, 0.29) is 22.5 Å². The molecule has 0 atom stereocenters. The molecule has 7 nitrogen and oxygen atoms in total. The van der Waals surface area contributed by atoms with Gasteiger partial charge in [-0.25, -0.2) is 8.42 Å². The number of sulfonamides is 1. The molecular formula is C30H34N2O5S. The van der Waals surface area contributed by atoms with Crippen LogP contribution in [0.15, 0.2) is 75.0 Å². The summed E-state index contributed by atoms with van der Waals surface area (Å²) >= 11 is 0. The lowest BCUT2D eigenvalue weighted by Crippen LogP contribution is -2.39. The number of nitrogens with zero attached hydrogens (tertiary/aromatic N) is 2. The van der Waals surface area contributed by atoms with Crippen LogP contribution >= 0.6 is 0 Å². The molecule has 1 aromatic heterocycles. The van der Waals surface area contributed by atoms with Gasteiger partial charge in [-0.2, -0.15) is 4.31 Å². The number of benzene rings is 2. The molecule has 2 aromatic carbocycles. The van der Waals surface area contributed by atoms with Crippen LogP contribution in [-0.4, -0.2) is 43.9 Å². The van der Waals surface area contributed by atoms with E-state index < -0.39 is 10.0 Å². The Morgan fingerprint density at radius 3 is 2.50 bits per heavy atom. The smallest absolute Gasteiger partial charge is 0.243 e. The third kappa shape index (κ3) is 5.05. The maximum Gasteiger partial charge on any atom is 0.243 e. The Bertz CT molecular complexity index is 1470. The number of hydrogen-bond donors (Lipinski definition) is 0. The van der Waals surface area contributed by atoms with Crippen molar-refractivity contribution in [3.8, 4) is 5.75 Å². The largest absolute Gasteiger partial charge is 0.486 e. The summed E-state index contributed by atoms with van der Waals surface area (Å²) in [5.41, 5.74) is 3.98. The van der Waals surface area contributed by atoms with Gasteiger partial charge in [0.2, 0.25) is 21.2 Å². The van der Waals surface area contributed by atoms with Gasteiger partial charge in [0.05, 0.1) is 18.0 Å². The molecule has 38 heavy (non-hydrogen) atoms. The van der Waals surface area contributed by atoms with Gasteiger partial charge < -0.3 is 9.15 Å². The fourth-order valence-electron chi connectivity index (χ4n) is 5.91. The van der Waals surface area contributed by atoms with Crippen molar-refractivity contribution >= 4 is 10.0 Å². The molecule has 0 radical (unpaired) electrons. The van der Waals surface area contributed by atoms with Crippen molar-refractivity contribution in [1.82, 2.24) is 9.21 Å². The summed E-state index contributed by atoms with van der Waals surface area (Å²) in [5, 5.41) is 0. The molecule has 3 aliphatic rings. The van der Waals surface area contributed by atoms with Crippen LogP contribution in [0.1, 0.15) is 48.1 Å². The molecule has 1 saturated carbocycles. The van der Waals surface area contributed by atoms with Gasteiger partial charge in [0, 0.05) is 37.7 Å². The van der Waals surface area contributed by atoms with Gasteiger partial charge in [-0.3, -0.25) is 9.69 Å². The Labute approximate surface area is 224 Å². The van der Waals surface area contributed by atoms with Crippen LogP contribution in [0, 0.1) is 12.8 Å². The van der Waals surface area contributed by atoms with Crippen LogP contribution in [0.4, 0.5) is 0 Å². The Kier molecular flexibility index (Phi) is 6.66. The van der Waals surface area contributed by atoms with Gasteiger partial charge in [0.25, 0.3) is 0 Å². The normalized spacial score (nSPS) is 19.8. The summed E-state index contributed by atoms with van der Waals surface area (Å²) in [6, 6.07) is 17.2. The van der Waals surface area contributed by atoms with E-state index in [1.54, 1.807) is 22.5 Å². The molecule has 1 spiro atoms. The highest BCUT2D eigenvalue weighted by atomic mass is 32.2. The zero-order valence-electron chi connectivity index (χ0n) is 21.8. The summed E-state index contributed by atoms with van der Waals surface area (Å²) < 4.78 is 39.1. The fourth-order valence-corrected chi connectivity index (χ4v) is 7.38. The van der Waals surface area contributed by atoms with Gasteiger partial charge in [0.1, 0.15) is 12.0 Å². The lowest BCUT2D eigenvalue weighted by molar-refractivity contribution is 0.177. The second kappa shape index (κ2) is 9.98. The van der Waals surface area contributed by atoms with E-state index in [9.17, 15) is 13.2 Å². The maximum absolute atomic E-state index is 12.9. The summed E-state index contributed by atoms with van der Waals surface area (Å²) in [7, 11) is -3.49. The van der Waals surface area contributed by atoms with Crippen LogP contribution < -0.4 is 10.2 Å². The van der Waals surface area contributed by atoms with E-state index in [1.807, 2.05) is 19.1 Å². The van der Waals surface area contributed by atoms with Crippen molar-refractivity contribution in [2.75, 3.05) is 26.2 Å². The van der Waals surface area contributed by atoms with Gasteiger partial charge in [-0.15, -0.1) is 0 Å². The van der Waals surface area contributed by atoms with Crippen molar-refractivity contribution in [3.63, 3.8) is 0 Å². The second-order valence-electron chi connectivity index (χ2n) is 11.1.